The average molecular weight is 399 g/mol. The van der Waals surface area contributed by atoms with Crippen LogP contribution in [0.2, 0.25) is 0 Å². The molecule has 0 spiro atoms. The van der Waals surface area contributed by atoms with Crippen LogP contribution in [0.4, 0.5) is 10.1 Å². The van der Waals surface area contributed by atoms with Crippen LogP contribution < -0.4 is 15.6 Å². The summed E-state index contributed by atoms with van der Waals surface area (Å²) in [6.45, 7) is 6.23. The first-order valence-electron chi connectivity index (χ1n) is 10.6. The molecule has 1 saturated carbocycles. The molecule has 1 aromatic carbocycles. The number of hydrogen-bond acceptors (Lipinski definition) is 5. The van der Waals surface area contributed by atoms with Crippen molar-refractivity contribution in [3.63, 3.8) is 0 Å². The van der Waals surface area contributed by atoms with E-state index in [0.29, 0.717) is 18.2 Å². The second-order valence-corrected chi connectivity index (χ2v) is 8.47. The van der Waals surface area contributed by atoms with E-state index in [1.807, 2.05) is 4.57 Å². The molecule has 6 nitrogen and oxygen atoms in total. The molecule has 7 heteroatoms. The molecule has 1 aliphatic carbocycles. The summed E-state index contributed by atoms with van der Waals surface area (Å²) in [4.78, 5) is 27.7. The van der Waals surface area contributed by atoms with Gasteiger partial charge in [-0.15, -0.1) is 0 Å². The van der Waals surface area contributed by atoms with Crippen molar-refractivity contribution in [2.24, 2.45) is 5.92 Å². The Kier molecular flexibility index (Phi) is 4.38. The molecular formula is C22H26FN3O3. The summed E-state index contributed by atoms with van der Waals surface area (Å²) < 4.78 is 22.5. The van der Waals surface area contributed by atoms with Crippen LogP contribution in [0.25, 0.3) is 10.9 Å². The van der Waals surface area contributed by atoms with E-state index in [1.165, 1.54) is 6.07 Å². The molecule has 0 unspecified atom stereocenters. The topological polar surface area (TPSA) is 63.6 Å². The minimum absolute atomic E-state index is 0.0140. The van der Waals surface area contributed by atoms with Crippen molar-refractivity contribution >= 4 is 22.6 Å². The summed E-state index contributed by atoms with van der Waals surface area (Å²) in [5.74, 6) is -0.535. The average Bonchev–Trinajstić information content (AvgIpc) is 3.49. The summed E-state index contributed by atoms with van der Waals surface area (Å²) in [6, 6.07) is 1.82. The Morgan fingerprint density at radius 2 is 2.14 bits per heavy atom. The largest absolute Gasteiger partial charge is 0.462 e. The molecule has 5 rings (SSSR count). The second-order valence-electron chi connectivity index (χ2n) is 8.47. The molecule has 29 heavy (non-hydrogen) atoms. The third-order valence-corrected chi connectivity index (χ3v) is 6.60. The van der Waals surface area contributed by atoms with Crippen LogP contribution >= 0.6 is 0 Å². The van der Waals surface area contributed by atoms with Gasteiger partial charge in [-0.3, -0.25) is 4.79 Å². The van der Waals surface area contributed by atoms with Gasteiger partial charge in [0.05, 0.1) is 17.8 Å². The third-order valence-electron chi connectivity index (χ3n) is 6.60. The predicted octanol–water partition coefficient (Wildman–Crippen LogP) is 2.97. The fourth-order valence-corrected chi connectivity index (χ4v) is 4.97. The number of fused-ring (bicyclic) bond motifs is 5. The molecule has 0 bridgehead atoms. The molecule has 2 aromatic rings. The van der Waals surface area contributed by atoms with E-state index in [2.05, 4.69) is 17.1 Å². The van der Waals surface area contributed by atoms with Gasteiger partial charge in [0.2, 0.25) is 5.43 Å². The first-order chi connectivity index (χ1) is 14.0. The van der Waals surface area contributed by atoms with E-state index in [-0.39, 0.29) is 35.5 Å². The molecule has 1 N–H and O–H groups in total. The first-order valence-corrected chi connectivity index (χ1v) is 10.6. The number of pyridine rings is 1. The van der Waals surface area contributed by atoms with E-state index < -0.39 is 11.4 Å². The van der Waals surface area contributed by atoms with Crippen molar-refractivity contribution < 1.29 is 13.9 Å². The standard InChI is InChI=1S/C22H26FN3O3/c1-3-29-22(28)16-11-26(13-4-5-13)19-14(21(16)27)8-17(23)20-15(19)9-24-10-18-12(2)6-7-25(18)20/h8,11-13,18,24H,3-7,9-10H2,1-2H3/t12-,18-/m1/s1. The zero-order valence-electron chi connectivity index (χ0n) is 16.8. The van der Waals surface area contributed by atoms with Gasteiger partial charge < -0.3 is 19.5 Å². The second kappa shape index (κ2) is 6.83. The summed E-state index contributed by atoms with van der Waals surface area (Å²) in [6.07, 6.45) is 4.64. The lowest BCUT2D eigenvalue weighted by Gasteiger charge is -2.29. The fourth-order valence-electron chi connectivity index (χ4n) is 4.97. The molecule has 0 amide bonds. The minimum Gasteiger partial charge on any atom is -0.462 e. The lowest BCUT2D eigenvalue weighted by Crippen LogP contribution is -2.38. The number of carbonyl (C=O) groups excluding carboxylic acids is 1. The molecule has 1 aromatic heterocycles. The summed E-state index contributed by atoms with van der Waals surface area (Å²) in [5.41, 5.74) is 1.74. The first kappa shape index (κ1) is 18.6. The molecule has 3 heterocycles. The summed E-state index contributed by atoms with van der Waals surface area (Å²) >= 11 is 0. The molecule has 3 aliphatic rings. The highest BCUT2D eigenvalue weighted by molar-refractivity contribution is 5.96. The van der Waals surface area contributed by atoms with Crippen molar-refractivity contribution in [3.05, 3.63) is 39.4 Å². The third kappa shape index (κ3) is 2.86. The number of anilines is 1. The van der Waals surface area contributed by atoms with Gasteiger partial charge >= 0.3 is 5.97 Å². The van der Waals surface area contributed by atoms with Crippen molar-refractivity contribution in [1.82, 2.24) is 9.88 Å². The van der Waals surface area contributed by atoms with Crippen molar-refractivity contribution in [2.45, 2.75) is 51.7 Å². The highest BCUT2D eigenvalue weighted by Crippen LogP contribution is 2.42. The Balaban J connectivity index is 1.80. The number of nitrogens with zero attached hydrogens (tertiary/aromatic N) is 2. The quantitative estimate of drug-likeness (QED) is 0.804. The summed E-state index contributed by atoms with van der Waals surface area (Å²) in [7, 11) is 0. The number of ether oxygens (including phenoxy) is 1. The van der Waals surface area contributed by atoms with Gasteiger partial charge in [-0.25, -0.2) is 9.18 Å². The number of nitrogens with one attached hydrogen (secondary N) is 1. The van der Waals surface area contributed by atoms with Crippen LogP contribution in [0.15, 0.2) is 17.1 Å². The molecule has 2 aliphatic heterocycles. The van der Waals surface area contributed by atoms with Crippen LogP contribution in [-0.2, 0) is 11.3 Å². The van der Waals surface area contributed by atoms with Gasteiger partial charge in [-0.05, 0) is 38.2 Å². The summed E-state index contributed by atoms with van der Waals surface area (Å²) in [5, 5.41) is 3.74. The number of rotatable bonds is 3. The van der Waals surface area contributed by atoms with Gasteiger partial charge in [-0.2, -0.15) is 0 Å². The van der Waals surface area contributed by atoms with Gasteiger partial charge in [0.1, 0.15) is 11.4 Å². The molecule has 1 saturated heterocycles. The smallest absolute Gasteiger partial charge is 0.343 e. The Bertz CT molecular complexity index is 1060. The van der Waals surface area contributed by atoms with E-state index in [9.17, 15) is 9.59 Å². The maximum absolute atomic E-state index is 15.4. The van der Waals surface area contributed by atoms with Crippen molar-refractivity contribution in [3.8, 4) is 0 Å². The molecule has 2 fully saturated rings. The Hall–Kier alpha value is -2.41. The van der Waals surface area contributed by atoms with Crippen LogP contribution in [0, 0.1) is 11.7 Å². The lowest BCUT2D eigenvalue weighted by atomic mass is 10.0. The number of hydrogen-bond donors (Lipinski definition) is 1. The van der Waals surface area contributed by atoms with E-state index in [4.69, 9.17) is 4.74 Å². The van der Waals surface area contributed by atoms with Crippen molar-refractivity contribution in [1.29, 1.82) is 0 Å². The monoisotopic (exact) mass is 399 g/mol. The zero-order valence-corrected chi connectivity index (χ0v) is 16.8. The Morgan fingerprint density at radius 1 is 1.34 bits per heavy atom. The normalized spacial score (nSPS) is 23.6. The number of benzene rings is 1. The van der Waals surface area contributed by atoms with Gasteiger partial charge in [0, 0.05) is 48.9 Å². The van der Waals surface area contributed by atoms with Gasteiger partial charge in [-0.1, -0.05) is 6.92 Å². The highest BCUT2D eigenvalue weighted by Gasteiger charge is 2.38. The number of halogens is 1. The highest BCUT2D eigenvalue weighted by atomic mass is 19.1. The minimum atomic E-state index is -0.643. The Labute approximate surface area is 168 Å². The van der Waals surface area contributed by atoms with E-state index in [1.54, 1.807) is 13.1 Å². The van der Waals surface area contributed by atoms with Crippen LogP contribution in [0.5, 0.6) is 0 Å². The van der Waals surface area contributed by atoms with Crippen molar-refractivity contribution in [2.75, 3.05) is 24.6 Å². The molecule has 154 valence electrons. The maximum atomic E-state index is 15.4. The number of esters is 1. The predicted molar refractivity (Wildman–Crippen MR) is 109 cm³/mol. The van der Waals surface area contributed by atoms with E-state index in [0.717, 1.165) is 43.4 Å². The molecule has 2 atom stereocenters. The Morgan fingerprint density at radius 3 is 2.86 bits per heavy atom. The molecule has 0 radical (unpaired) electrons. The van der Waals surface area contributed by atoms with Crippen LogP contribution in [0.3, 0.4) is 0 Å². The molecular weight excluding hydrogens is 373 g/mol. The van der Waals surface area contributed by atoms with Gasteiger partial charge in [0.25, 0.3) is 0 Å². The van der Waals surface area contributed by atoms with Crippen LogP contribution in [0.1, 0.15) is 55.1 Å². The number of carbonyl (C=O) groups is 1. The number of aromatic nitrogens is 1. The lowest BCUT2D eigenvalue weighted by molar-refractivity contribution is 0.0524. The fraction of sp³-hybridized carbons (Fsp3) is 0.545. The maximum Gasteiger partial charge on any atom is 0.343 e. The van der Waals surface area contributed by atoms with E-state index >= 15 is 4.39 Å². The van der Waals surface area contributed by atoms with Crippen LogP contribution in [-0.4, -0.2) is 36.3 Å². The SMILES string of the molecule is CCOC(=O)c1cn(C2CC2)c2c3c(c(F)cc2c1=O)N1CC[C@@H](C)[C@H]1CNC3. The zero-order chi connectivity index (χ0) is 20.3. The van der Waals surface area contributed by atoms with Gasteiger partial charge in [0.15, 0.2) is 0 Å².